The number of hydrogen-bond acceptors (Lipinski definition) is 3. The molecule has 15 heavy (non-hydrogen) atoms. The first kappa shape index (κ1) is 10.6. The number of hydrazine groups is 1. The van der Waals surface area contributed by atoms with Crippen LogP contribution in [0.25, 0.3) is 0 Å². The van der Waals surface area contributed by atoms with Crippen LogP contribution in [0.3, 0.4) is 0 Å². The first-order valence-corrected chi connectivity index (χ1v) is 5.42. The Hall–Kier alpha value is -0.930. The number of nitrogens with one attached hydrogen (secondary N) is 1. The number of pyridine rings is 1. The van der Waals surface area contributed by atoms with Crippen molar-refractivity contribution in [3.05, 3.63) is 29.6 Å². The van der Waals surface area contributed by atoms with Gasteiger partial charge in [-0.25, -0.2) is 0 Å². The maximum absolute atomic E-state index is 5.64. The lowest BCUT2D eigenvalue weighted by Gasteiger charge is -2.18. The smallest absolute Gasteiger partial charge is 0.0508 e. The first-order valence-electron chi connectivity index (χ1n) is 5.42. The maximum Gasteiger partial charge on any atom is 0.0508 e. The molecule has 1 aliphatic rings. The Morgan fingerprint density at radius 1 is 1.53 bits per heavy atom. The second-order valence-corrected chi connectivity index (χ2v) is 5.24. The summed E-state index contributed by atoms with van der Waals surface area (Å²) in [5.41, 5.74) is 5.73. The number of nitrogens with two attached hydrogens (primary N) is 1. The van der Waals surface area contributed by atoms with Crippen molar-refractivity contribution in [2.75, 3.05) is 0 Å². The van der Waals surface area contributed by atoms with Crippen molar-refractivity contribution in [1.82, 2.24) is 10.4 Å². The summed E-state index contributed by atoms with van der Waals surface area (Å²) >= 11 is 0. The molecule has 3 heteroatoms. The molecule has 2 atom stereocenters. The molecular formula is C12H19N3. The number of nitrogens with zero attached hydrogens (tertiary/aromatic N) is 1. The lowest BCUT2D eigenvalue weighted by molar-refractivity contribution is 0.422. The van der Waals surface area contributed by atoms with Gasteiger partial charge in [0.1, 0.15) is 0 Å². The molecule has 1 saturated carbocycles. The summed E-state index contributed by atoms with van der Waals surface area (Å²) < 4.78 is 0. The molecule has 1 aliphatic carbocycles. The minimum Gasteiger partial charge on any atom is -0.271 e. The highest BCUT2D eigenvalue weighted by atomic mass is 15.2. The third-order valence-corrected chi connectivity index (χ3v) is 3.43. The number of rotatable bonds is 3. The predicted molar refractivity (Wildman–Crippen MR) is 60.9 cm³/mol. The number of hydrogen-bond donors (Lipinski definition) is 2. The summed E-state index contributed by atoms with van der Waals surface area (Å²) in [7, 11) is 0. The largest absolute Gasteiger partial charge is 0.271 e. The van der Waals surface area contributed by atoms with Gasteiger partial charge in [-0.1, -0.05) is 19.9 Å². The minimum absolute atomic E-state index is 0.243. The minimum atomic E-state index is 0.243. The second-order valence-electron chi connectivity index (χ2n) is 5.24. The van der Waals surface area contributed by atoms with E-state index in [0.29, 0.717) is 11.3 Å². The van der Waals surface area contributed by atoms with E-state index in [2.05, 4.69) is 37.2 Å². The average molecular weight is 205 g/mol. The molecule has 3 nitrogen and oxygen atoms in total. The molecule has 0 saturated heterocycles. The number of aromatic nitrogens is 1. The molecule has 1 aromatic heterocycles. The van der Waals surface area contributed by atoms with Crippen molar-refractivity contribution in [2.24, 2.45) is 17.2 Å². The molecule has 1 heterocycles. The molecule has 82 valence electrons. The molecule has 0 aliphatic heterocycles. The van der Waals surface area contributed by atoms with Crippen LogP contribution in [0.2, 0.25) is 0 Å². The Morgan fingerprint density at radius 3 is 2.67 bits per heavy atom. The van der Waals surface area contributed by atoms with E-state index < -0.39 is 0 Å². The summed E-state index contributed by atoms with van der Waals surface area (Å²) in [6.45, 7) is 6.62. The van der Waals surface area contributed by atoms with Gasteiger partial charge in [-0.2, -0.15) is 0 Å². The van der Waals surface area contributed by atoms with Gasteiger partial charge in [0.25, 0.3) is 0 Å². The normalized spacial score (nSPS) is 24.9. The van der Waals surface area contributed by atoms with Gasteiger partial charge in [0.2, 0.25) is 0 Å². The molecule has 2 rings (SSSR count). The standard InChI is InChI=1S/C12H19N3/c1-8-4-9(7-14-6-8)11(15-13)10-5-12(10,2)3/h4,6-7,10-11,15H,5,13H2,1-3H3. The zero-order valence-electron chi connectivity index (χ0n) is 9.62. The van der Waals surface area contributed by atoms with Crippen molar-refractivity contribution in [3.8, 4) is 0 Å². The fourth-order valence-electron chi connectivity index (χ4n) is 2.27. The maximum atomic E-state index is 5.64. The Morgan fingerprint density at radius 2 is 2.20 bits per heavy atom. The van der Waals surface area contributed by atoms with Crippen LogP contribution >= 0.6 is 0 Å². The SMILES string of the molecule is Cc1cncc(C(NN)C2CC2(C)C)c1. The highest BCUT2D eigenvalue weighted by Crippen LogP contribution is 2.57. The molecular weight excluding hydrogens is 186 g/mol. The van der Waals surface area contributed by atoms with E-state index >= 15 is 0 Å². The van der Waals surface area contributed by atoms with E-state index in [1.54, 1.807) is 0 Å². The Labute approximate surface area is 91.1 Å². The van der Waals surface area contributed by atoms with Crippen LogP contribution in [0.1, 0.15) is 37.4 Å². The Kier molecular flexibility index (Phi) is 2.52. The molecule has 0 bridgehead atoms. The molecule has 0 radical (unpaired) electrons. The molecule has 0 aromatic carbocycles. The van der Waals surface area contributed by atoms with Gasteiger partial charge in [-0.15, -0.1) is 0 Å². The van der Waals surface area contributed by atoms with E-state index in [1.165, 1.54) is 17.5 Å². The van der Waals surface area contributed by atoms with Gasteiger partial charge in [0.05, 0.1) is 6.04 Å². The molecule has 0 spiro atoms. The Bertz CT molecular complexity index is 360. The van der Waals surface area contributed by atoms with Crippen LogP contribution in [-0.2, 0) is 0 Å². The van der Waals surface area contributed by atoms with E-state index in [9.17, 15) is 0 Å². The molecule has 0 amide bonds. The van der Waals surface area contributed by atoms with Crippen molar-refractivity contribution in [2.45, 2.75) is 33.2 Å². The van der Waals surface area contributed by atoms with Crippen LogP contribution in [0, 0.1) is 18.3 Å². The lowest BCUT2D eigenvalue weighted by atomic mass is 9.98. The van der Waals surface area contributed by atoms with Crippen molar-refractivity contribution in [3.63, 3.8) is 0 Å². The van der Waals surface area contributed by atoms with Gasteiger partial charge in [-0.05, 0) is 35.8 Å². The van der Waals surface area contributed by atoms with E-state index in [1.807, 2.05) is 12.4 Å². The van der Waals surface area contributed by atoms with Crippen LogP contribution in [0.4, 0.5) is 0 Å². The molecule has 2 unspecified atom stereocenters. The van der Waals surface area contributed by atoms with Gasteiger partial charge in [-0.3, -0.25) is 16.3 Å². The van der Waals surface area contributed by atoms with Gasteiger partial charge in [0.15, 0.2) is 0 Å². The summed E-state index contributed by atoms with van der Waals surface area (Å²) in [6.07, 6.45) is 5.01. The average Bonchev–Trinajstić information content (AvgIpc) is 2.76. The summed E-state index contributed by atoms with van der Waals surface area (Å²) in [5.74, 6) is 6.27. The topological polar surface area (TPSA) is 50.9 Å². The highest BCUT2D eigenvalue weighted by molar-refractivity contribution is 5.23. The lowest BCUT2D eigenvalue weighted by Crippen LogP contribution is -2.30. The number of aryl methyl sites for hydroxylation is 1. The van der Waals surface area contributed by atoms with Crippen molar-refractivity contribution < 1.29 is 0 Å². The monoisotopic (exact) mass is 205 g/mol. The van der Waals surface area contributed by atoms with Crippen LogP contribution in [-0.4, -0.2) is 4.98 Å². The fourth-order valence-corrected chi connectivity index (χ4v) is 2.27. The Balaban J connectivity index is 2.21. The zero-order valence-corrected chi connectivity index (χ0v) is 9.62. The zero-order chi connectivity index (χ0) is 11.1. The van der Waals surface area contributed by atoms with Crippen LogP contribution in [0.15, 0.2) is 18.5 Å². The quantitative estimate of drug-likeness (QED) is 0.585. The van der Waals surface area contributed by atoms with Gasteiger partial charge >= 0.3 is 0 Å². The summed E-state index contributed by atoms with van der Waals surface area (Å²) in [5, 5.41) is 0. The fraction of sp³-hybridized carbons (Fsp3) is 0.583. The van der Waals surface area contributed by atoms with Gasteiger partial charge in [0, 0.05) is 12.4 Å². The molecule has 1 aromatic rings. The first-order chi connectivity index (χ1) is 7.04. The summed E-state index contributed by atoms with van der Waals surface area (Å²) in [6, 6.07) is 2.40. The highest BCUT2D eigenvalue weighted by Gasteiger charge is 2.50. The van der Waals surface area contributed by atoms with Crippen LogP contribution in [0.5, 0.6) is 0 Å². The second kappa shape index (κ2) is 3.58. The van der Waals surface area contributed by atoms with Crippen molar-refractivity contribution in [1.29, 1.82) is 0 Å². The van der Waals surface area contributed by atoms with Crippen LogP contribution < -0.4 is 11.3 Å². The third-order valence-electron chi connectivity index (χ3n) is 3.43. The third kappa shape index (κ3) is 2.03. The molecule has 1 fully saturated rings. The molecule has 3 N–H and O–H groups in total. The summed E-state index contributed by atoms with van der Waals surface area (Å²) in [4.78, 5) is 4.22. The van der Waals surface area contributed by atoms with E-state index in [0.717, 1.165) is 0 Å². The van der Waals surface area contributed by atoms with E-state index in [-0.39, 0.29) is 6.04 Å². The van der Waals surface area contributed by atoms with Crippen molar-refractivity contribution >= 4 is 0 Å². The van der Waals surface area contributed by atoms with E-state index in [4.69, 9.17) is 5.84 Å². The van der Waals surface area contributed by atoms with Gasteiger partial charge < -0.3 is 0 Å². The predicted octanol–water partition coefficient (Wildman–Crippen LogP) is 1.94.